The van der Waals surface area contributed by atoms with Gasteiger partial charge in [0.15, 0.2) is 0 Å². The van der Waals surface area contributed by atoms with Crippen molar-refractivity contribution in [1.82, 2.24) is 4.90 Å². The number of hydrogen-bond donors (Lipinski definition) is 1. The lowest BCUT2D eigenvalue weighted by molar-refractivity contribution is -0.146. The van der Waals surface area contributed by atoms with E-state index in [1.54, 1.807) is 44.2 Å². The molecule has 1 atom stereocenters. The molecule has 0 bridgehead atoms. The van der Waals surface area contributed by atoms with Crippen LogP contribution in [-0.4, -0.2) is 32.2 Å². The van der Waals surface area contributed by atoms with Gasteiger partial charge in [0.2, 0.25) is 0 Å². The van der Waals surface area contributed by atoms with Crippen molar-refractivity contribution < 1.29 is 19.1 Å². The van der Waals surface area contributed by atoms with E-state index in [-0.39, 0.29) is 10.2 Å². The zero-order valence-electron chi connectivity index (χ0n) is 14.8. The first-order valence-electron chi connectivity index (χ1n) is 8.24. The Morgan fingerprint density at radius 1 is 1.25 bits per heavy atom. The van der Waals surface area contributed by atoms with E-state index in [4.69, 9.17) is 39.8 Å². The third-order valence-electron chi connectivity index (χ3n) is 4.10. The first kappa shape index (κ1) is 20.9. The predicted molar refractivity (Wildman–Crippen MR) is 115 cm³/mol. The number of carbonyl (C=O) groups excluding carboxylic acids is 1. The molecule has 5 nitrogen and oxygen atoms in total. The molecule has 0 saturated carbocycles. The summed E-state index contributed by atoms with van der Waals surface area (Å²) < 4.78 is 5.99. The van der Waals surface area contributed by atoms with Crippen molar-refractivity contribution in [3.8, 4) is 11.3 Å². The van der Waals surface area contributed by atoms with Gasteiger partial charge in [-0.25, -0.2) is 4.79 Å². The number of halogens is 2. The Morgan fingerprint density at radius 3 is 2.46 bits per heavy atom. The van der Waals surface area contributed by atoms with E-state index < -0.39 is 17.9 Å². The maximum atomic E-state index is 12.8. The predicted octanol–water partition coefficient (Wildman–Crippen LogP) is 5.56. The Kier molecular flexibility index (Phi) is 6.19. The third-order valence-corrected chi connectivity index (χ3v) is 6.06. The molecule has 28 heavy (non-hydrogen) atoms. The van der Waals surface area contributed by atoms with Crippen molar-refractivity contribution in [2.24, 2.45) is 5.92 Å². The van der Waals surface area contributed by atoms with E-state index in [0.29, 0.717) is 32.0 Å². The van der Waals surface area contributed by atoms with Gasteiger partial charge in [0.1, 0.15) is 21.9 Å². The summed E-state index contributed by atoms with van der Waals surface area (Å²) in [4.78, 5) is 25.8. The van der Waals surface area contributed by atoms with Gasteiger partial charge in [0.25, 0.3) is 5.91 Å². The summed E-state index contributed by atoms with van der Waals surface area (Å²) in [6.45, 7) is 3.46. The summed E-state index contributed by atoms with van der Waals surface area (Å²) in [5.74, 6) is -0.978. The molecule has 0 spiro atoms. The number of carbonyl (C=O) groups is 2. The molecule has 2 heterocycles. The summed E-state index contributed by atoms with van der Waals surface area (Å²) in [7, 11) is 0. The fourth-order valence-electron chi connectivity index (χ4n) is 2.84. The maximum absolute atomic E-state index is 12.8. The van der Waals surface area contributed by atoms with Gasteiger partial charge in [0, 0.05) is 6.08 Å². The lowest BCUT2D eigenvalue weighted by atomic mass is 10.0. The van der Waals surface area contributed by atoms with Crippen LogP contribution in [-0.2, 0) is 9.59 Å². The number of aliphatic carboxylic acids is 1. The SMILES string of the molecule is CC(C)C(C(=O)O)N1C(=O)/C(=C/c2ccc(-c3c(Cl)cccc3Cl)o2)SC1=S. The Hall–Kier alpha value is -1.80. The molecule has 1 unspecified atom stereocenters. The van der Waals surface area contributed by atoms with E-state index in [0.717, 1.165) is 16.7 Å². The molecule has 1 aliphatic heterocycles. The molecule has 9 heteroatoms. The minimum atomic E-state index is -1.10. The number of carboxylic acids is 1. The van der Waals surface area contributed by atoms with E-state index in [1.807, 2.05) is 0 Å². The number of furan rings is 1. The fraction of sp³-hybridized carbons (Fsp3) is 0.211. The van der Waals surface area contributed by atoms with Crippen molar-refractivity contribution in [2.45, 2.75) is 19.9 Å². The summed E-state index contributed by atoms with van der Waals surface area (Å²) >= 11 is 18.7. The maximum Gasteiger partial charge on any atom is 0.327 e. The van der Waals surface area contributed by atoms with Gasteiger partial charge in [0.05, 0.1) is 20.5 Å². The minimum Gasteiger partial charge on any atom is -0.480 e. The largest absolute Gasteiger partial charge is 0.480 e. The van der Waals surface area contributed by atoms with Gasteiger partial charge in [-0.1, -0.05) is 67.1 Å². The average Bonchev–Trinajstić information content (AvgIpc) is 3.15. The van der Waals surface area contributed by atoms with Crippen molar-refractivity contribution in [3.63, 3.8) is 0 Å². The molecule has 1 amide bonds. The zero-order valence-corrected chi connectivity index (χ0v) is 18.0. The zero-order chi connectivity index (χ0) is 20.6. The van der Waals surface area contributed by atoms with Crippen molar-refractivity contribution in [3.05, 3.63) is 51.0 Å². The van der Waals surface area contributed by atoms with Gasteiger partial charge < -0.3 is 9.52 Å². The standard InChI is InChI=1S/C19H15Cl2NO4S2/c1-9(2)16(18(24)25)22-17(23)14(28-19(22)27)8-10-6-7-13(26-10)15-11(20)4-3-5-12(15)21/h3-9,16H,1-2H3,(H,24,25)/b14-8-. The highest BCUT2D eigenvalue weighted by Crippen LogP contribution is 2.38. The first-order chi connectivity index (χ1) is 13.2. The molecule has 1 saturated heterocycles. The van der Waals surface area contributed by atoms with Crippen molar-refractivity contribution >= 4 is 69.5 Å². The van der Waals surface area contributed by atoms with E-state index >= 15 is 0 Å². The molecular formula is C19H15Cl2NO4S2. The third kappa shape index (κ3) is 3.98. The summed E-state index contributed by atoms with van der Waals surface area (Å²) in [5.41, 5.74) is 0.559. The molecular weight excluding hydrogens is 441 g/mol. The van der Waals surface area contributed by atoms with Crippen LogP contribution in [0.2, 0.25) is 10.0 Å². The van der Waals surface area contributed by atoms with Gasteiger partial charge in [-0.05, 0) is 30.2 Å². The number of hydrogen-bond acceptors (Lipinski definition) is 5. The molecule has 1 aromatic carbocycles. The smallest absolute Gasteiger partial charge is 0.327 e. The molecule has 1 aromatic heterocycles. The van der Waals surface area contributed by atoms with E-state index in [1.165, 1.54) is 6.08 Å². The van der Waals surface area contributed by atoms with Crippen LogP contribution >= 0.6 is 47.2 Å². The van der Waals surface area contributed by atoms with Gasteiger partial charge >= 0.3 is 5.97 Å². The Balaban J connectivity index is 1.91. The molecule has 0 radical (unpaired) electrons. The second kappa shape index (κ2) is 8.29. The van der Waals surface area contributed by atoms with Gasteiger partial charge in [-0.2, -0.15) is 0 Å². The Bertz CT molecular complexity index is 979. The monoisotopic (exact) mass is 455 g/mol. The minimum absolute atomic E-state index is 0.207. The lowest BCUT2D eigenvalue weighted by Gasteiger charge is -2.26. The number of carboxylic acid groups (broad SMARTS) is 1. The number of thioether (sulfide) groups is 1. The number of amides is 1. The van der Waals surface area contributed by atoms with Crippen LogP contribution in [0.1, 0.15) is 19.6 Å². The van der Waals surface area contributed by atoms with Crippen LogP contribution in [0.5, 0.6) is 0 Å². The summed E-state index contributed by atoms with van der Waals surface area (Å²) in [6.07, 6.45) is 1.53. The number of nitrogens with zero attached hydrogens (tertiary/aromatic N) is 1. The van der Waals surface area contributed by atoms with Crippen molar-refractivity contribution in [2.75, 3.05) is 0 Å². The van der Waals surface area contributed by atoms with Gasteiger partial charge in [-0.3, -0.25) is 9.69 Å². The topological polar surface area (TPSA) is 70.8 Å². The second-order valence-electron chi connectivity index (χ2n) is 6.38. The second-order valence-corrected chi connectivity index (χ2v) is 8.87. The average molecular weight is 456 g/mol. The Labute approximate surface area is 181 Å². The van der Waals surface area contributed by atoms with E-state index in [2.05, 4.69) is 0 Å². The lowest BCUT2D eigenvalue weighted by Crippen LogP contribution is -2.47. The summed E-state index contributed by atoms with van der Waals surface area (Å²) in [5, 5.41) is 10.4. The molecule has 1 N–H and O–H groups in total. The molecule has 3 rings (SSSR count). The van der Waals surface area contributed by atoms with Crippen LogP contribution in [0.15, 0.2) is 39.7 Å². The van der Waals surface area contributed by atoms with Crippen LogP contribution in [0.4, 0.5) is 0 Å². The highest BCUT2D eigenvalue weighted by atomic mass is 35.5. The number of rotatable bonds is 5. The molecule has 1 aliphatic rings. The normalized spacial score (nSPS) is 17.0. The van der Waals surface area contributed by atoms with Gasteiger partial charge in [-0.15, -0.1) is 0 Å². The highest BCUT2D eigenvalue weighted by molar-refractivity contribution is 8.26. The molecule has 0 aliphatic carbocycles. The molecule has 146 valence electrons. The quantitative estimate of drug-likeness (QED) is 0.469. The molecule has 1 fully saturated rings. The van der Waals surface area contributed by atoms with Crippen molar-refractivity contribution in [1.29, 1.82) is 0 Å². The first-order valence-corrected chi connectivity index (χ1v) is 10.2. The Morgan fingerprint density at radius 2 is 1.89 bits per heavy atom. The fourth-order valence-corrected chi connectivity index (χ4v) is 4.73. The van der Waals surface area contributed by atoms with Crippen LogP contribution in [0.3, 0.4) is 0 Å². The molecule has 2 aromatic rings. The summed E-state index contributed by atoms with van der Waals surface area (Å²) in [6, 6.07) is 7.50. The number of benzene rings is 1. The highest BCUT2D eigenvalue weighted by Gasteiger charge is 2.42. The number of thiocarbonyl (C=S) groups is 1. The van der Waals surface area contributed by atoms with Crippen LogP contribution in [0.25, 0.3) is 17.4 Å². The van der Waals surface area contributed by atoms with Crippen LogP contribution in [0, 0.1) is 5.92 Å². The van der Waals surface area contributed by atoms with Crippen LogP contribution < -0.4 is 0 Å². The van der Waals surface area contributed by atoms with E-state index in [9.17, 15) is 14.7 Å².